The van der Waals surface area contributed by atoms with E-state index < -0.39 is 11.6 Å². The van der Waals surface area contributed by atoms with E-state index in [2.05, 4.69) is 26.0 Å². The number of halogens is 3. The summed E-state index contributed by atoms with van der Waals surface area (Å²) in [6.07, 6.45) is 5.11. The highest BCUT2D eigenvalue weighted by Gasteiger charge is 2.18. The predicted octanol–water partition coefficient (Wildman–Crippen LogP) is 5.12. The molecule has 0 atom stereocenters. The molecule has 2 aromatic carbocycles. The van der Waals surface area contributed by atoms with E-state index in [0.717, 1.165) is 15.9 Å². The molecule has 0 amide bonds. The van der Waals surface area contributed by atoms with Gasteiger partial charge in [-0.3, -0.25) is 4.68 Å². The molecule has 0 fully saturated rings. The van der Waals surface area contributed by atoms with Gasteiger partial charge < -0.3 is 9.72 Å². The Labute approximate surface area is 160 Å². The van der Waals surface area contributed by atoms with Crippen LogP contribution < -0.4 is 4.74 Å². The van der Waals surface area contributed by atoms with Gasteiger partial charge in [0.2, 0.25) is 0 Å². The maximum atomic E-state index is 14.8. The fraction of sp³-hybridized carbons (Fsp3) is 0.0526. The quantitative estimate of drug-likeness (QED) is 0.490. The van der Waals surface area contributed by atoms with Crippen LogP contribution in [0.2, 0.25) is 0 Å². The van der Waals surface area contributed by atoms with Crippen molar-refractivity contribution in [1.82, 2.24) is 14.8 Å². The van der Waals surface area contributed by atoms with Crippen LogP contribution in [0.1, 0.15) is 11.1 Å². The summed E-state index contributed by atoms with van der Waals surface area (Å²) in [5, 5.41) is 14.0. The lowest BCUT2D eigenvalue weighted by atomic mass is 10.1. The molecule has 0 radical (unpaired) electrons. The fourth-order valence-electron chi connectivity index (χ4n) is 2.85. The maximum Gasteiger partial charge on any atom is 0.168 e. The summed E-state index contributed by atoms with van der Waals surface area (Å²) in [4.78, 5) is 2.98. The van der Waals surface area contributed by atoms with Gasteiger partial charge in [0, 0.05) is 41.0 Å². The first kappa shape index (κ1) is 17.2. The first-order valence-electron chi connectivity index (χ1n) is 7.89. The van der Waals surface area contributed by atoms with E-state index in [1.807, 2.05) is 6.07 Å². The molecule has 8 heteroatoms. The third kappa shape index (κ3) is 3.29. The second-order valence-electron chi connectivity index (χ2n) is 5.82. The molecule has 4 aromatic rings. The van der Waals surface area contributed by atoms with Gasteiger partial charge in [0.1, 0.15) is 17.6 Å². The SMILES string of the molecule is N#Cc1cc(Oc2c(F)cc3[nH]ccc3c2Cn2cc(Br)cn2)ccc1F. The van der Waals surface area contributed by atoms with Gasteiger partial charge in [0.15, 0.2) is 11.6 Å². The van der Waals surface area contributed by atoms with Crippen LogP contribution in [0.3, 0.4) is 0 Å². The first-order chi connectivity index (χ1) is 13.0. The van der Waals surface area contributed by atoms with E-state index in [9.17, 15) is 8.78 Å². The lowest BCUT2D eigenvalue weighted by Gasteiger charge is -2.14. The Hall–Kier alpha value is -3.18. The molecule has 2 heterocycles. The highest BCUT2D eigenvalue weighted by atomic mass is 79.9. The lowest BCUT2D eigenvalue weighted by molar-refractivity contribution is 0.433. The molecule has 0 aliphatic rings. The van der Waals surface area contributed by atoms with Crippen LogP contribution in [0, 0.1) is 23.0 Å². The van der Waals surface area contributed by atoms with E-state index in [1.165, 1.54) is 18.2 Å². The minimum Gasteiger partial charge on any atom is -0.454 e. The normalized spacial score (nSPS) is 10.9. The van der Waals surface area contributed by atoms with Gasteiger partial charge in [0.25, 0.3) is 0 Å². The molecule has 0 saturated carbocycles. The number of aromatic amines is 1. The van der Waals surface area contributed by atoms with Crippen molar-refractivity contribution in [3.05, 3.63) is 76.2 Å². The Balaban J connectivity index is 1.82. The number of rotatable bonds is 4. The zero-order valence-corrected chi connectivity index (χ0v) is 15.3. The third-order valence-corrected chi connectivity index (χ3v) is 4.48. The Morgan fingerprint density at radius 2 is 2.07 bits per heavy atom. The number of ether oxygens (including phenoxy) is 1. The van der Waals surface area contributed by atoms with Crippen molar-refractivity contribution in [3.8, 4) is 17.6 Å². The molecule has 5 nitrogen and oxygen atoms in total. The number of H-pyrrole nitrogens is 1. The largest absolute Gasteiger partial charge is 0.454 e. The Bertz CT molecular complexity index is 1190. The molecule has 0 aliphatic heterocycles. The summed E-state index contributed by atoms with van der Waals surface area (Å²) in [5.74, 6) is -1.06. The van der Waals surface area contributed by atoms with E-state index in [-0.39, 0.29) is 23.6 Å². The molecular formula is C19H11BrF2N4O. The number of aromatic nitrogens is 3. The molecule has 4 rings (SSSR count). The van der Waals surface area contributed by atoms with Crippen LogP contribution in [0.4, 0.5) is 8.78 Å². The minimum atomic E-state index is -0.659. The molecule has 0 saturated heterocycles. The topological polar surface area (TPSA) is 66.6 Å². The summed E-state index contributed by atoms with van der Waals surface area (Å²) in [6, 6.07) is 8.61. The molecule has 27 heavy (non-hydrogen) atoms. The van der Waals surface area contributed by atoms with Gasteiger partial charge in [-0.25, -0.2) is 8.78 Å². The lowest BCUT2D eigenvalue weighted by Crippen LogP contribution is -2.04. The van der Waals surface area contributed by atoms with Crippen molar-refractivity contribution >= 4 is 26.8 Å². The molecule has 0 aliphatic carbocycles. The summed E-state index contributed by atoms with van der Waals surface area (Å²) in [5.41, 5.74) is 1.02. The van der Waals surface area contributed by atoms with Crippen LogP contribution in [-0.2, 0) is 6.54 Å². The Morgan fingerprint density at radius 3 is 2.81 bits per heavy atom. The molecule has 0 bridgehead atoms. The van der Waals surface area contributed by atoms with Crippen molar-refractivity contribution in [1.29, 1.82) is 5.26 Å². The molecule has 2 aromatic heterocycles. The summed E-state index contributed by atoms with van der Waals surface area (Å²) in [6.45, 7) is 0.263. The van der Waals surface area contributed by atoms with Crippen LogP contribution in [-0.4, -0.2) is 14.8 Å². The monoisotopic (exact) mass is 428 g/mol. The molecule has 134 valence electrons. The van der Waals surface area contributed by atoms with Crippen LogP contribution in [0.15, 0.2) is 53.4 Å². The number of hydrogen-bond acceptors (Lipinski definition) is 3. The second-order valence-corrected chi connectivity index (χ2v) is 6.73. The third-order valence-electron chi connectivity index (χ3n) is 4.07. The zero-order chi connectivity index (χ0) is 19.0. The summed E-state index contributed by atoms with van der Waals surface area (Å²) < 4.78 is 36.5. The molecular weight excluding hydrogens is 418 g/mol. The summed E-state index contributed by atoms with van der Waals surface area (Å²) >= 11 is 3.34. The maximum absolute atomic E-state index is 14.8. The Kier molecular flexibility index (Phi) is 4.38. The number of benzene rings is 2. The van der Waals surface area contributed by atoms with Crippen molar-refractivity contribution < 1.29 is 13.5 Å². The smallest absolute Gasteiger partial charge is 0.168 e. The molecule has 1 N–H and O–H groups in total. The predicted molar refractivity (Wildman–Crippen MR) is 98.5 cm³/mol. The Morgan fingerprint density at radius 1 is 1.22 bits per heavy atom. The fourth-order valence-corrected chi connectivity index (χ4v) is 3.18. The highest BCUT2D eigenvalue weighted by molar-refractivity contribution is 9.10. The van der Waals surface area contributed by atoms with E-state index in [4.69, 9.17) is 10.00 Å². The van der Waals surface area contributed by atoms with Crippen LogP contribution in [0.25, 0.3) is 10.9 Å². The molecule has 0 unspecified atom stereocenters. The van der Waals surface area contributed by atoms with E-state index in [0.29, 0.717) is 11.1 Å². The number of hydrogen-bond donors (Lipinski definition) is 1. The number of nitriles is 1. The van der Waals surface area contributed by atoms with Gasteiger partial charge in [0.05, 0.1) is 22.8 Å². The van der Waals surface area contributed by atoms with Gasteiger partial charge in [-0.05, 0) is 34.1 Å². The van der Waals surface area contributed by atoms with Crippen molar-refractivity contribution in [2.75, 3.05) is 0 Å². The number of nitrogens with zero attached hydrogens (tertiary/aromatic N) is 3. The highest BCUT2D eigenvalue weighted by Crippen LogP contribution is 2.35. The summed E-state index contributed by atoms with van der Waals surface area (Å²) in [7, 11) is 0. The minimum absolute atomic E-state index is 0.00391. The van der Waals surface area contributed by atoms with Gasteiger partial charge >= 0.3 is 0 Å². The van der Waals surface area contributed by atoms with Crippen LogP contribution in [0.5, 0.6) is 11.5 Å². The van der Waals surface area contributed by atoms with Gasteiger partial charge in [-0.1, -0.05) is 0 Å². The number of nitrogens with one attached hydrogen (secondary N) is 1. The average Bonchev–Trinajstić information content (AvgIpc) is 3.27. The van der Waals surface area contributed by atoms with Crippen molar-refractivity contribution in [3.63, 3.8) is 0 Å². The zero-order valence-electron chi connectivity index (χ0n) is 13.7. The van der Waals surface area contributed by atoms with Gasteiger partial charge in [-0.15, -0.1) is 0 Å². The van der Waals surface area contributed by atoms with E-state index in [1.54, 1.807) is 29.3 Å². The molecule has 0 spiro atoms. The average molecular weight is 429 g/mol. The van der Waals surface area contributed by atoms with Crippen LogP contribution >= 0.6 is 15.9 Å². The van der Waals surface area contributed by atoms with E-state index >= 15 is 0 Å². The first-order valence-corrected chi connectivity index (χ1v) is 8.68. The standard InChI is InChI=1S/C19H11BrF2N4O/c20-12-8-25-26(9-12)10-15-14-3-4-24-18(14)6-17(22)19(15)27-13-1-2-16(21)11(5-13)7-23/h1-6,8-9,24H,10H2. The second kappa shape index (κ2) is 6.85. The van der Waals surface area contributed by atoms with Crippen molar-refractivity contribution in [2.24, 2.45) is 0 Å². The number of fused-ring (bicyclic) bond motifs is 1. The van der Waals surface area contributed by atoms with Gasteiger partial charge in [-0.2, -0.15) is 10.4 Å². The van der Waals surface area contributed by atoms with Crippen molar-refractivity contribution in [2.45, 2.75) is 6.54 Å².